The zero-order valence-electron chi connectivity index (χ0n) is 11.6. The highest BCUT2D eigenvalue weighted by atomic mass is 16.3. The number of benzene rings is 1. The highest BCUT2D eigenvalue weighted by molar-refractivity contribution is 5.31. The molecule has 1 aliphatic rings. The molecule has 2 N–H and O–H groups in total. The molecule has 2 atom stereocenters. The standard InChI is InChI=1S/C15H24N2O/c1-11-4-5-14(10-12(11)2)15(18)13(3)17-8-6-16-7-9-17/h4-5,10,13,15-16,18H,6-9H2,1-3H3. The van der Waals surface area contributed by atoms with Crippen molar-refractivity contribution in [3.8, 4) is 0 Å². The number of hydrogen-bond acceptors (Lipinski definition) is 3. The van der Waals surface area contributed by atoms with Crippen molar-refractivity contribution in [1.82, 2.24) is 10.2 Å². The van der Waals surface area contributed by atoms with Crippen LogP contribution in [-0.2, 0) is 0 Å². The average molecular weight is 248 g/mol. The lowest BCUT2D eigenvalue weighted by Crippen LogP contribution is -2.49. The number of rotatable bonds is 3. The Balaban J connectivity index is 2.09. The number of aryl methyl sites for hydroxylation is 2. The van der Waals surface area contributed by atoms with E-state index in [1.54, 1.807) is 0 Å². The van der Waals surface area contributed by atoms with E-state index in [4.69, 9.17) is 0 Å². The molecule has 100 valence electrons. The van der Waals surface area contributed by atoms with Crippen molar-refractivity contribution >= 4 is 0 Å². The van der Waals surface area contributed by atoms with Gasteiger partial charge in [0.05, 0.1) is 6.10 Å². The molecule has 1 aliphatic heterocycles. The third-order valence-corrected chi connectivity index (χ3v) is 4.06. The first kappa shape index (κ1) is 13.5. The summed E-state index contributed by atoms with van der Waals surface area (Å²) in [5, 5.41) is 13.8. The zero-order chi connectivity index (χ0) is 13.1. The summed E-state index contributed by atoms with van der Waals surface area (Å²) in [6.45, 7) is 10.4. The summed E-state index contributed by atoms with van der Waals surface area (Å²) in [4.78, 5) is 2.36. The molecule has 3 nitrogen and oxygen atoms in total. The minimum absolute atomic E-state index is 0.175. The lowest BCUT2D eigenvalue weighted by Gasteiger charge is -2.35. The van der Waals surface area contributed by atoms with Gasteiger partial charge in [0.25, 0.3) is 0 Å². The lowest BCUT2D eigenvalue weighted by molar-refractivity contribution is 0.0510. The highest BCUT2D eigenvalue weighted by Crippen LogP contribution is 2.23. The lowest BCUT2D eigenvalue weighted by atomic mass is 9.98. The fourth-order valence-electron chi connectivity index (χ4n) is 2.52. The molecule has 0 aromatic heterocycles. The van der Waals surface area contributed by atoms with Gasteiger partial charge in [-0.2, -0.15) is 0 Å². The maximum Gasteiger partial charge on any atom is 0.0942 e. The zero-order valence-corrected chi connectivity index (χ0v) is 11.6. The van der Waals surface area contributed by atoms with Gasteiger partial charge in [0, 0.05) is 32.2 Å². The van der Waals surface area contributed by atoms with Crippen LogP contribution in [0.2, 0.25) is 0 Å². The summed E-state index contributed by atoms with van der Waals surface area (Å²) in [6, 6.07) is 6.43. The van der Waals surface area contributed by atoms with Crippen LogP contribution >= 0.6 is 0 Å². The molecule has 0 saturated carbocycles. The molecule has 0 aliphatic carbocycles. The molecule has 2 unspecified atom stereocenters. The van der Waals surface area contributed by atoms with Gasteiger partial charge in [-0.15, -0.1) is 0 Å². The predicted molar refractivity (Wildman–Crippen MR) is 74.8 cm³/mol. The van der Waals surface area contributed by atoms with Gasteiger partial charge in [-0.05, 0) is 37.5 Å². The third kappa shape index (κ3) is 2.91. The van der Waals surface area contributed by atoms with Gasteiger partial charge < -0.3 is 10.4 Å². The Morgan fingerprint density at radius 3 is 2.44 bits per heavy atom. The summed E-state index contributed by atoms with van der Waals surface area (Å²) >= 11 is 0. The van der Waals surface area contributed by atoms with E-state index >= 15 is 0 Å². The van der Waals surface area contributed by atoms with Crippen LogP contribution in [-0.4, -0.2) is 42.2 Å². The Labute approximate surface area is 110 Å². The van der Waals surface area contributed by atoms with E-state index in [0.29, 0.717) is 0 Å². The third-order valence-electron chi connectivity index (χ3n) is 4.06. The largest absolute Gasteiger partial charge is 0.387 e. The van der Waals surface area contributed by atoms with Gasteiger partial charge >= 0.3 is 0 Å². The number of hydrogen-bond donors (Lipinski definition) is 2. The van der Waals surface area contributed by atoms with Crippen molar-refractivity contribution in [1.29, 1.82) is 0 Å². The molecule has 18 heavy (non-hydrogen) atoms. The first-order valence-electron chi connectivity index (χ1n) is 6.79. The molecule has 0 bridgehead atoms. The topological polar surface area (TPSA) is 35.5 Å². The smallest absolute Gasteiger partial charge is 0.0942 e. The van der Waals surface area contributed by atoms with Crippen molar-refractivity contribution in [2.24, 2.45) is 0 Å². The van der Waals surface area contributed by atoms with Gasteiger partial charge in [0.2, 0.25) is 0 Å². The summed E-state index contributed by atoms with van der Waals surface area (Å²) < 4.78 is 0. The van der Waals surface area contributed by atoms with Gasteiger partial charge in [-0.25, -0.2) is 0 Å². The van der Waals surface area contributed by atoms with Gasteiger partial charge in [0.15, 0.2) is 0 Å². The maximum atomic E-state index is 10.5. The van der Waals surface area contributed by atoms with Crippen LogP contribution in [0.15, 0.2) is 18.2 Å². The molecule has 0 amide bonds. The van der Waals surface area contributed by atoms with Crippen LogP contribution in [0.4, 0.5) is 0 Å². The first-order valence-corrected chi connectivity index (χ1v) is 6.79. The molecule has 2 rings (SSSR count). The number of aliphatic hydroxyl groups is 1. The van der Waals surface area contributed by atoms with E-state index < -0.39 is 6.10 Å². The first-order chi connectivity index (χ1) is 8.59. The van der Waals surface area contributed by atoms with Crippen LogP contribution < -0.4 is 5.32 Å². The van der Waals surface area contributed by atoms with E-state index in [0.717, 1.165) is 31.7 Å². The summed E-state index contributed by atoms with van der Waals surface area (Å²) in [7, 11) is 0. The van der Waals surface area contributed by atoms with Crippen molar-refractivity contribution in [3.05, 3.63) is 34.9 Å². The Bertz CT molecular complexity index is 399. The van der Waals surface area contributed by atoms with Crippen molar-refractivity contribution in [2.45, 2.75) is 32.9 Å². The molecule has 3 heteroatoms. The molecule has 1 aromatic rings. The number of aliphatic hydroxyl groups excluding tert-OH is 1. The van der Waals surface area contributed by atoms with E-state index in [1.165, 1.54) is 11.1 Å². The van der Waals surface area contributed by atoms with Crippen LogP contribution in [0.25, 0.3) is 0 Å². The monoisotopic (exact) mass is 248 g/mol. The predicted octanol–water partition coefficient (Wildman–Crippen LogP) is 1.63. The molecule has 0 spiro atoms. The van der Waals surface area contributed by atoms with Crippen LogP contribution in [0.3, 0.4) is 0 Å². The number of nitrogens with zero attached hydrogens (tertiary/aromatic N) is 1. The van der Waals surface area contributed by atoms with Crippen LogP contribution in [0.5, 0.6) is 0 Å². The molecule has 0 radical (unpaired) electrons. The second-order valence-electron chi connectivity index (χ2n) is 5.32. The second kappa shape index (κ2) is 5.83. The van der Waals surface area contributed by atoms with Gasteiger partial charge in [-0.3, -0.25) is 4.90 Å². The van der Waals surface area contributed by atoms with E-state index in [2.05, 4.69) is 43.1 Å². The molecule has 1 fully saturated rings. The summed E-state index contributed by atoms with van der Waals surface area (Å²) in [6.07, 6.45) is -0.401. The Morgan fingerprint density at radius 2 is 1.83 bits per heavy atom. The fourth-order valence-corrected chi connectivity index (χ4v) is 2.52. The fraction of sp³-hybridized carbons (Fsp3) is 0.600. The minimum Gasteiger partial charge on any atom is -0.387 e. The Kier molecular flexibility index (Phi) is 4.38. The molecule has 1 aromatic carbocycles. The minimum atomic E-state index is -0.401. The second-order valence-corrected chi connectivity index (χ2v) is 5.32. The number of nitrogens with one attached hydrogen (secondary N) is 1. The molecule has 1 heterocycles. The van der Waals surface area contributed by atoms with E-state index in [-0.39, 0.29) is 6.04 Å². The van der Waals surface area contributed by atoms with E-state index in [9.17, 15) is 5.11 Å². The quantitative estimate of drug-likeness (QED) is 0.853. The Hall–Kier alpha value is -0.900. The normalized spacial score (nSPS) is 20.7. The van der Waals surface area contributed by atoms with Crippen molar-refractivity contribution < 1.29 is 5.11 Å². The molecular weight excluding hydrogens is 224 g/mol. The van der Waals surface area contributed by atoms with Crippen molar-refractivity contribution in [2.75, 3.05) is 26.2 Å². The molecule has 1 saturated heterocycles. The van der Waals surface area contributed by atoms with Crippen LogP contribution in [0, 0.1) is 13.8 Å². The highest BCUT2D eigenvalue weighted by Gasteiger charge is 2.24. The average Bonchev–Trinajstić information content (AvgIpc) is 2.41. The molecular formula is C15H24N2O. The Morgan fingerprint density at radius 1 is 1.17 bits per heavy atom. The summed E-state index contributed by atoms with van der Waals surface area (Å²) in [5.74, 6) is 0. The van der Waals surface area contributed by atoms with Crippen molar-refractivity contribution in [3.63, 3.8) is 0 Å². The summed E-state index contributed by atoms with van der Waals surface area (Å²) in [5.41, 5.74) is 3.56. The van der Waals surface area contributed by atoms with Gasteiger partial charge in [0.1, 0.15) is 0 Å². The number of piperazine rings is 1. The van der Waals surface area contributed by atoms with E-state index in [1.807, 2.05) is 6.07 Å². The SMILES string of the molecule is Cc1ccc(C(O)C(C)N2CCNCC2)cc1C. The maximum absolute atomic E-state index is 10.5. The van der Waals surface area contributed by atoms with Gasteiger partial charge in [-0.1, -0.05) is 18.2 Å². The van der Waals surface area contributed by atoms with Crippen LogP contribution in [0.1, 0.15) is 29.7 Å².